The van der Waals surface area contributed by atoms with Crippen molar-refractivity contribution in [1.82, 2.24) is 0 Å². The van der Waals surface area contributed by atoms with Crippen molar-refractivity contribution in [2.75, 3.05) is 30.4 Å². The van der Waals surface area contributed by atoms with Crippen molar-refractivity contribution in [2.45, 2.75) is 30.9 Å². The van der Waals surface area contributed by atoms with Gasteiger partial charge < -0.3 is 14.7 Å². The fraction of sp³-hybridized carbons (Fsp3) is 0.571. The van der Waals surface area contributed by atoms with Crippen molar-refractivity contribution in [1.29, 1.82) is 0 Å². The van der Waals surface area contributed by atoms with E-state index < -0.39 is 9.84 Å². The van der Waals surface area contributed by atoms with Gasteiger partial charge in [-0.15, -0.1) is 0 Å². The van der Waals surface area contributed by atoms with Gasteiger partial charge in [-0.05, 0) is 31.2 Å². The highest BCUT2D eigenvalue weighted by molar-refractivity contribution is 7.91. The van der Waals surface area contributed by atoms with Gasteiger partial charge in [-0.2, -0.15) is 0 Å². The molecule has 0 saturated carbocycles. The summed E-state index contributed by atoms with van der Waals surface area (Å²) in [7, 11) is -3.16. The van der Waals surface area contributed by atoms with Gasteiger partial charge in [0, 0.05) is 18.3 Å². The van der Waals surface area contributed by atoms with Gasteiger partial charge in [0.05, 0.1) is 30.0 Å². The molecule has 112 valence electrons. The summed E-state index contributed by atoms with van der Waals surface area (Å²) in [6, 6.07) is 7.12. The molecule has 0 radical (unpaired) electrons. The largest absolute Gasteiger partial charge is 0.394 e. The minimum Gasteiger partial charge on any atom is -0.394 e. The molecule has 1 aromatic rings. The number of benzene rings is 1. The van der Waals surface area contributed by atoms with Crippen LogP contribution in [0.3, 0.4) is 0 Å². The molecule has 0 spiro atoms. The van der Waals surface area contributed by atoms with Crippen molar-refractivity contribution in [3.63, 3.8) is 0 Å². The van der Waals surface area contributed by atoms with Crippen molar-refractivity contribution < 1.29 is 18.3 Å². The second kappa shape index (κ2) is 6.11. The number of rotatable bonds is 4. The molecular weight excluding hydrogens is 278 g/mol. The predicted molar refractivity (Wildman–Crippen MR) is 77.8 cm³/mol. The van der Waals surface area contributed by atoms with Crippen LogP contribution in [0.15, 0.2) is 29.2 Å². The lowest BCUT2D eigenvalue weighted by atomic mass is 10.1. The Balaban J connectivity index is 2.21. The van der Waals surface area contributed by atoms with E-state index in [4.69, 9.17) is 4.74 Å². The molecule has 20 heavy (non-hydrogen) atoms. The van der Waals surface area contributed by atoms with Gasteiger partial charge in [0.2, 0.25) is 0 Å². The Morgan fingerprint density at radius 1 is 1.35 bits per heavy atom. The lowest BCUT2D eigenvalue weighted by Gasteiger charge is -2.39. The van der Waals surface area contributed by atoms with Crippen molar-refractivity contribution in [2.24, 2.45) is 0 Å². The van der Waals surface area contributed by atoms with Gasteiger partial charge in [-0.3, -0.25) is 0 Å². The highest BCUT2D eigenvalue weighted by Crippen LogP contribution is 2.23. The van der Waals surface area contributed by atoms with E-state index in [1.807, 2.05) is 19.1 Å². The zero-order valence-corrected chi connectivity index (χ0v) is 12.6. The predicted octanol–water partition coefficient (Wildman–Crippen LogP) is 1.07. The number of sulfone groups is 1. The Bertz CT molecular complexity index is 541. The summed E-state index contributed by atoms with van der Waals surface area (Å²) < 4.78 is 29.1. The van der Waals surface area contributed by atoms with Crippen molar-refractivity contribution in [3.8, 4) is 0 Å². The molecule has 1 N–H and O–H groups in total. The van der Waals surface area contributed by atoms with E-state index in [2.05, 4.69) is 4.90 Å². The van der Waals surface area contributed by atoms with Gasteiger partial charge in [-0.1, -0.05) is 6.92 Å². The van der Waals surface area contributed by atoms with Crippen LogP contribution in [-0.4, -0.2) is 51.2 Å². The van der Waals surface area contributed by atoms with Crippen LogP contribution in [0.1, 0.15) is 13.8 Å². The number of hydrogen-bond donors (Lipinski definition) is 1. The average Bonchev–Trinajstić information content (AvgIpc) is 2.48. The molecule has 1 fully saturated rings. The van der Waals surface area contributed by atoms with Crippen molar-refractivity contribution in [3.05, 3.63) is 24.3 Å². The third kappa shape index (κ3) is 3.13. The highest BCUT2D eigenvalue weighted by Gasteiger charge is 2.26. The van der Waals surface area contributed by atoms with Crippen LogP contribution in [0.5, 0.6) is 0 Å². The Kier molecular flexibility index (Phi) is 4.67. The van der Waals surface area contributed by atoms with Crippen LogP contribution in [0.4, 0.5) is 5.69 Å². The van der Waals surface area contributed by atoms with E-state index in [1.165, 1.54) is 0 Å². The quantitative estimate of drug-likeness (QED) is 0.900. The molecule has 1 heterocycles. The molecule has 0 aromatic heterocycles. The summed E-state index contributed by atoms with van der Waals surface area (Å²) in [5.74, 6) is 0.104. The number of ether oxygens (including phenoxy) is 1. The molecule has 6 heteroatoms. The number of aliphatic hydroxyl groups is 1. The monoisotopic (exact) mass is 299 g/mol. The molecule has 1 saturated heterocycles. The zero-order valence-electron chi connectivity index (χ0n) is 11.8. The van der Waals surface area contributed by atoms with E-state index >= 15 is 0 Å². The summed E-state index contributed by atoms with van der Waals surface area (Å²) in [4.78, 5) is 2.48. The number of morpholine rings is 1. The topological polar surface area (TPSA) is 66.8 Å². The first-order valence-corrected chi connectivity index (χ1v) is 8.45. The molecule has 1 aliphatic rings. The standard InChI is InChI=1S/C14H21NO4S/c1-3-20(17,18)14-6-4-12(5-7-14)15-8-13(9-16)19-10-11(15)2/h4-7,11,13,16H,3,8-10H2,1-2H3. The molecule has 2 atom stereocenters. The number of anilines is 1. The first kappa shape index (κ1) is 15.3. The van der Waals surface area contributed by atoms with Gasteiger partial charge in [0.1, 0.15) is 0 Å². The zero-order chi connectivity index (χ0) is 14.8. The Hall–Kier alpha value is -1.11. The van der Waals surface area contributed by atoms with Crippen LogP contribution in [-0.2, 0) is 14.6 Å². The van der Waals surface area contributed by atoms with E-state index in [0.29, 0.717) is 18.0 Å². The van der Waals surface area contributed by atoms with Crippen LogP contribution in [0.2, 0.25) is 0 Å². The fourth-order valence-electron chi connectivity index (χ4n) is 2.30. The number of aliphatic hydroxyl groups excluding tert-OH is 1. The van der Waals surface area contributed by atoms with Gasteiger partial charge in [-0.25, -0.2) is 8.42 Å². The van der Waals surface area contributed by atoms with E-state index in [1.54, 1.807) is 19.1 Å². The molecule has 2 unspecified atom stereocenters. The SMILES string of the molecule is CCS(=O)(=O)c1ccc(N2CC(CO)OCC2C)cc1. The second-order valence-corrected chi connectivity index (χ2v) is 7.31. The van der Waals surface area contributed by atoms with Crippen molar-refractivity contribution >= 4 is 15.5 Å². The molecular formula is C14H21NO4S. The first-order chi connectivity index (χ1) is 9.47. The normalized spacial score (nSPS) is 23.9. The first-order valence-electron chi connectivity index (χ1n) is 6.80. The minimum atomic E-state index is -3.16. The van der Waals surface area contributed by atoms with Crippen LogP contribution in [0, 0.1) is 0 Å². The van der Waals surface area contributed by atoms with E-state index in [9.17, 15) is 13.5 Å². The second-order valence-electron chi connectivity index (χ2n) is 5.04. The number of hydrogen-bond acceptors (Lipinski definition) is 5. The minimum absolute atomic E-state index is 0.00842. The molecule has 2 rings (SSSR count). The van der Waals surface area contributed by atoms with Gasteiger partial charge >= 0.3 is 0 Å². The Labute approximate surface area is 120 Å². The maximum absolute atomic E-state index is 11.8. The smallest absolute Gasteiger partial charge is 0.178 e. The molecule has 0 aliphatic carbocycles. The summed E-state index contributed by atoms with van der Waals surface area (Å²) in [6.07, 6.45) is -0.190. The van der Waals surface area contributed by atoms with Crippen LogP contribution in [0.25, 0.3) is 0 Å². The lowest BCUT2D eigenvalue weighted by molar-refractivity contribution is -0.0103. The van der Waals surface area contributed by atoms with Gasteiger partial charge in [0.15, 0.2) is 9.84 Å². The average molecular weight is 299 g/mol. The molecule has 1 aromatic carbocycles. The maximum Gasteiger partial charge on any atom is 0.178 e. The fourth-order valence-corrected chi connectivity index (χ4v) is 3.18. The summed E-state index contributed by atoms with van der Waals surface area (Å²) in [6.45, 7) is 4.84. The Morgan fingerprint density at radius 2 is 2.00 bits per heavy atom. The summed E-state index contributed by atoms with van der Waals surface area (Å²) in [5, 5.41) is 9.19. The maximum atomic E-state index is 11.8. The Morgan fingerprint density at radius 3 is 2.55 bits per heavy atom. The van der Waals surface area contributed by atoms with E-state index in [0.717, 1.165) is 5.69 Å². The van der Waals surface area contributed by atoms with Gasteiger partial charge in [0.25, 0.3) is 0 Å². The molecule has 5 nitrogen and oxygen atoms in total. The van der Waals surface area contributed by atoms with Crippen LogP contribution < -0.4 is 4.90 Å². The molecule has 0 bridgehead atoms. The third-order valence-electron chi connectivity index (χ3n) is 3.62. The highest BCUT2D eigenvalue weighted by atomic mass is 32.2. The molecule has 0 amide bonds. The third-order valence-corrected chi connectivity index (χ3v) is 5.37. The van der Waals surface area contributed by atoms with Crippen LogP contribution >= 0.6 is 0 Å². The lowest BCUT2D eigenvalue weighted by Crippen LogP contribution is -2.49. The summed E-state index contributed by atoms with van der Waals surface area (Å²) >= 11 is 0. The summed E-state index contributed by atoms with van der Waals surface area (Å²) in [5.41, 5.74) is 0.953. The number of nitrogens with zero attached hydrogens (tertiary/aromatic N) is 1. The molecule has 1 aliphatic heterocycles. The van der Waals surface area contributed by atoms with E-state index in [-0.39, 0.29) is 24.5 Å².